The van der Waals surface area contributed by atoms with Gasteiger partial charge in [0.2, 0.25) is 0 Å². The van der Waals surface area contributed by atoms with E-state index in [2.05, 4.69) is 284 Å². The summed E-state index contributed by atoms with van der Waals surface area (Å²) < 4.78 is 0. The lowest BCUT2D eigenvalue weighted by atomic mass is 9.80. The topological polar surface area (TPSA) is 90.2 Å². The van der Waals surface area contributed by atoms with Gasteiger partial charge in [-0.25, -0.2) is 29.9 Å². The second kappa shape index (κ2) is 31.2. The zero-order chi connectivity index (χ0) is 72.2. The van der Waals surface area contributed by atoms with E-state index >= 15 is 0 Å². The van der Waals surface area contributed by atoms with Gasteiger partial charge in [-0.05, 0) is 117 Å². The van der Waals surface area contributed by atoms with E-state index in [1.807, 2.05) is 140 Å². The van der Waals surface area contributed by atoms with Crippen LogP contribution in [0.15, 0.2) is 419 Å². The summed E-state index contributed by atoms with van der Waals surface area (Å²) in [6, 6.07) is 142. The molecule has 18 rings (SSSR count). The summed E-state index contributed by atoms with van der Waals surface area (Å²) in [4.78, 5) is 34.1. The third-order valence-electron chi connectivity index (χ3n) is 19.4. The number of rotatable bonds is 16. The van der Waals surface area contributed by atoms with Gasteiger partial charge >= 0.3 is 0 Å². The zero-order valence-corrected chi connectivity index (χ0v) is 59.0. The molecular formula is C101H69N7. The Morgan fingerprint density at radius 1 is 0.167 bits per heavy atom. The van der Waals surface area contributed by atoms with E-state index in [-0.39, 0.29) is 0 Å². The van der Waals surface area contributed by atoms with Crippen LogP contribution in [0.2, 0.25) is 0 Å². The molecule has 0 N–H and O–H groups in total. The number of pyridine rings is 1. The van der Waals surface area contributed by atoms with E-state index in [4.69, 9.17) is 29.9 Å². The molecule has 0 atom stereocenters. The van der Waals surface area contributed by atoms with Gasteiger partial charge in [0.1, 0.15) is 0 Å². The highest BCUT2D eigenvalue weighted by molar-refractivity contribution is 6.23. The van der Waals surface area contributed by atoms with Crippen LogP contribution in [0.25, 0.3) is 134 Å². The SMILES string of the molecule is c1ccc(/C(=C(\c2ccccc2)c2cccc(-c3ccc(-c4nc(-c5ccccc5)nc(-c5ccccc5)n4)cc3)c2)c2cccnc2)cc1.c1ccc(C(=C(c2ccccc2)c2c3ccccc3c(-c3ccc(-c4nc(-c5ccccc5)nc(-c5ccccc5)n4)cc3)c3ccccc23)c2ccccc2)cc1. The summed E-state index contributed by atoms with van der Waals surface area (Å²) in [5, 5.41) is 4.77. The van der Waals surface area contributed by atoms with Crippen LogP contribution in [-0.2, 0) is 0 Å². The molecule has 7 heteroatoms. The van der Waals surface area contributed by atoms with Crippen molar-refractivity contribution in [1.82, 2.24) is 34.9 Å². The average Bonchev–Trinajstić information content (AvgIpc) is 0.724. The molecule has 0 unspecified atom stereocenters. The molecule has 3 aromatic heterocycles. The third-order valence-corrected chi connectivity index (χ3v) is 19.4. The Hall–Kier alpha value is -14.5. The lowest BCUT2D eigenvalue weighted by Crippen LogP contribution is -2.01. The fraction of sp³-hybridized carbons (Fsp3) is 0. The lowest BCUT2D eigenvalue weighted by Gasteiger charge is -2.23. The summed E-state index contributed by atoms with van der Waals surface area (Å²) >= 11 is 0. The van der Waals surface area contributed by atoms with Gasteiger partial charge in [0, 0.05) is 51.3 Å². The predicted molar refractivity (Wildman–Crippen MR) is 445 cm³/mol. The van der Waals surface area contributed by atoms with Gasteiger partial charge in [0.25, 0.3) is 0 Å². The maximum absolute atomic E-state index is 5.00. The Balaban J connectivity index is 0.000000160. The van der Waals surface area contributed by atoms with E-state index in [1.54, 1.807) is 0 Å². The molecule has 3 heterocycles. The minimum absolute atomic E-state index is 0.635. The maximum atomic E-state index is 5.00. The number of benzene rings is 15. The van der Waals surface area contributed by atoms with Gasteiger partial charge in [-0.1, -0.05) is 394 Å². The lowest BCUT2D eigenvalue weighted by molar-refractivity contribution is 1.07. The largest absolute Gasteiger partial charge is 0.264 e. The van der Waals surface area contributed by atoms with Gasteiger partial charge in [-0.3, -0.25) is 4.98 Å². The second-order valence-electron chi connectivity index (χ2n) is 26.2. The zero-order valence-electron chi connectivity index (χ0n) is 59.0. The molecule has 0 fully saturated rings. The van der Waals surface area contributed by atoms with E-state index < -0.39 is 0 Å². The van der Waals surface area contributed by atoms with Crippen LogP contribution in [0, 0.1) is 0 Å². The van der Waals surface area contributed by atoms with Crippen LogP contribution >= 0.6 is 0 Å². The van der Waals surface area contributed by atoms with Crippen LogP contribution < -0.4 is 0 Å². The van der Waals surface area contributed by atoms with Crippen molar-refractivity contribution in [3.63, 3.8) is 0 Å². The molecule has 508 valence electrons. The maximum Gasteiger partial charge on any atom is 0.164 e. The normalized spacial score (nSPS) is 11.3. The van der Waals surface area contributed by atoms with E-state index in [9.17, 15) is 0 Å². The first-order chi connectivity index (χ1) is 53.6. The van der Waals surface area contributed by atoms with E-state index in [0.717, 1.165) is 83.5 Å². The monoisotopic (exact) mass is 1380 g/mol. The van der Waals surface area contributed by atoms with Crippen LogP contribution in [0.3, 0.4) is 0 Å². The molecule has 0 aliphatic heterocycles. The van der Waals surface area contributed by atoms with Crippen molar-refractivity contribution in [3.05, 3.63) is 463 Å². The summed E-state index contributed by atoms with van der Waals surface area (Å²) in [6.45, 7) is 0. The predicted octanol–water partition coefficient (Wildman–Crippen LogP) is 24.8. The minimum atomic E-state index is 0.635. The number of aromatic nitrogens is 7. The molecule has 18 aromatic rings. The van der Waals surface area contributed by atoms with Gasteiger partial charge < -0.3 is 0 Å². The van der Waals surface area contributed by atoms with Crippen LogP contribution in [0.1, 0.15) is 44.5 Å². The van der Waals surface area contributed by atoms with Crippen LogP contribution in [0.4, 0.5) is 0 Å². The molecule has 0 saturated carbocycles. The van der Waals surface area contributed by atoms with Gasteiger partial charge in [0.15, 0.2) is 34.9 Å². The number of hydrogen-bond acceptors (Lipinski definition) is 7. The molecule has 0 amide bonds. The Morgan fingerprint density at radius 2 is 0.417 bits per heavy atom. The number of hydrogen-bond donors (Lipinski definition) is 0. The second-order valence-corrected chi connectivity index (χ2v) is 26.2. The fourth-order valence-electron chi connectivity index (χ4n) is 14.4. The number of nitrogens with zero attached hydrogens (tertiary/aromatic N) is 7. The average molecular weight is 1380 g/mol. The first kappa shape index (κ1) is 66.7. The molecule has 0 spiro atoms. The highest BCUT2D eigenvalue weighted by atomic mass is 15.0. The van der Waals surface area contributed by atoms with Crippen molar-refractivity contribution in [1.29, 1.82) is 0 Å². The third kappa shape index (κ3) is 14.2. The molecule has 0 bridgehead atoms. The molecular weight excluding hydrogens is 1310 g/mol. The molecule has 0 aliphatic carbocycles. The van der Waals surface area contributed by atoms with Crippen molar-refractivity contribution in [2.24, 2.45) is 0 Å². The van der Waals surface area contributed by atoms with Gasteiger partial charge in [0.05, 0.1) is 0 Å². The molecule has 0 aliphatic rings. The van der Waals surface area contributed by atoms with Crippen LogP contribution in [0.5, 0.6) is 0 Å². The standard InChI is InChI=1S/C55H37N3.C46H32N4/c1-6-20-38(21-7-1)49(39-22-8-2-9-23-39)51(40-24-10-3-11-25-40)52-47-32-18-16-30-45(47)50(46-31-17-19-33-48(46)52)41-34-36-44(37-35-41)55-57-53(42-26-12-4-13-27-42)56-54(58-55)43-28-14-5-15-29-43;1-5-15-34(16-6-1)42(43(35-17-7-2-8-18-35)41-25-14-30-47-32-41)40-24-13-23-39(31-40)33-26-28-38(29-27-33)46-49-44(36-19-9-3-10-20-36)48-45(50-46)37-21-11-4-12-22-37/h1-37H;1-32H/b;43-42-. The minimum Gasteiger partial charge on any atom is -0.264 e. The summed E-state index contributed by atoms with van der Waals surface area (Å²) in [7, 11) is 0. The number of fused-ring (bicyclic) bond motifs is 2. The van der Waals surface area contributed by atoms with Crippen molar-refractivity contribution in [3.8, 4) is 90.6 Å². The van der Waals surface area contributed by atoms with Crippen molar-refractivity contribution in [2.75, 3.05) is 0 Å². The first-order valence-electron chi connectivity index (χ1n) is 36.3. The molecule has 108 heavy (non-hydrogen) atoms. The van der Waals surface area contributed by atoms with E-state index in [0.29, 0.717) is 34.9 Å². The molecule has 0 saturated heterocycles. The highest BCUT2D eigenvalue weighted by Crippen LogP contribution is 2.48. The molecule has 15 aromatic carbocycles. The summed E-state index contributed by atoms with van der Waals surface area (Å²) in [5.74, 6) is 3.86. The summed E-state index contributed by atoms with van der Waals surface area (Å²) in [5.41, 5.74) is 24.1. The smallest absolute Gasteiger partial charge is 0.164 e. The van der Waals surface area contributed by atoms with E-state index in [1.165, 1.54) is 60.5 Å². The fourth-order valence-corrected chi connectivity index (χ4v) is 14.4. The first-order valence-corrected chi connectivity index (χ1v) is 36.3. The molecule has 0 radical (unpaired) electrons. The Kier molecular flexibility index (Phi) is 19.3. The van der Waals surface area contributed by atoms with Crippen molar-refractivity contribution < 1.29 is 0 Å². The van der Waals surface area contributed by atoms with Gasteiger partial charge in [-0.2, -0.15) is 0 Å². The summed E-state index contributed by atoms with van der Waals surface area (Å²) in [6.07, 6.45) is 3.77. The van der Waals surface area contributed by atoms with Crippen molar-refractivity contribution >= 4 is 43.8 Å². The highest BCUT2D eigenvalue weighted by Gasteiger charge is 2.25. The molecule has 7 nitrogen and oxygen atoms in total. The van der Waals surface area contributed by atoms with Crippen molar-refractivity contribution in [2.45, 2.75) is 0 Å². The Bertz CT molecular complexity index is 5940. The quantitative estimate of drug-likeness (QED) is 0.0703. The Labute approximate surface area is 628 Å². The van der Waals surface area contributed by atoms with Gasteiger partial charge in [-0.15, -0.1) is 0 Å². The van der Waals surface area contributed by atoms with Crippen LogP contribution in [-0.4, -0.2) is 34.9 Å². The Morgan fingerprint density at radius 3 is 0.759 bits per heavy atom.